The molecular weight excluding hydrogens is 312 g/mol. The van der Waals surface area contributed by atoms with E-state index in [1.54, 1.807) is 12.1 Å². The van der Waals surface area contributed by atoms with Crippen molar-refractivity contribution in [1.82, 2.24) is 4.31 Å². The summed E-state index contributed by atoms with van der Waals surface area (Å²) < 4.78 is 25.4. The SMILES string of the molecule is N#CCN(CC#N)S(=O)(=O)c1ccc(C#CCN)cc1Cl. The molecule has 0 aliphatic rings. The average molecular weight is 323 g/mol. The Morgan fingerprint density at radius 2 is 1.86 bits per heavy atom. The molecule has 0 aromatic heterocycles. The van der Waals surface area contributed by atoms with Gasteiger partial charge in [-0.1, -0.05) is 23.4 Å². The molecule has 0 spiro atoms. The maximum Gasteiger partial charge on any atom is 0.246 e. The van der Waals surface area contributed by atoms with Crippen LogP contribution < -0.4 is 5.73 Å². The van der Waals surface area contributed by atoms with E-state index in [0.29, 0.717) is 5.56 Å². The normalized spacial score (nSPS) is 10.3. The molecule has 0 aliphatic heterocycles. The number of nitriles is 2. The van der Waals surface area contributed by atoms with Crippen LogP contribution in [0.15, 0.2) is 23.1 Å². The number of benzene rings is 1. The van der Waals surface area contributed by atoms with Crippen molar-refractivity contribution in [3.63, 3.8) is 0 Å². The third kappa shape index (κ3) is 4.19. The Bertz CT molecular complexity index is 750. The Kier molecular flexibility index (Phi) is 6.17. The second-order valence-corrected chi connectivity index (χ2v) is 6.05. The fourth-order valence-electron chi connectivity index (χ4n) is 1.46. The van der Waals surface area contributed by atoms with Gasteiger partial charge in [0.25, 0.3) is 0 Å². The summed E-state index contributed by atoms with van der Waals surface area (Å²) in [6.07, 6.45) is 0. The van der Waals surface area contributed by atoms with Crippen LogP contribution in [0.5, 0.6) is 0 Å². The van der Waals surface area contributed by atoms with Crippen LogP contribution in [0.2, 0.25) is 5.02 Å². The number of halogens is 1. The van der Waals surface area contributed by atoms with Crippen molar-refractivity contribution in [2.45, 2.75) is 4.90 Å². The molecule has 1 rings (SSSR count). The lowest BCUT2D eigenvalue weighted by atomic mass is 10.2. The smallest absolute Gasteiger partial charge is 0.246 e. The van der Waals surface area contributed by atoms with Crippen LogP contribution in [-0.2, 0) is 10.0 Å². The van der Waals surface area contributed by atoms with E-state index in [4.69, 9.17) is 27.9 Å². The minimum Gasteiger partial charge on any atom is -0.320 e. The van der Waals surface area contributed by atoms with Crippen molar-refractivity contribution in [2.24, 2.45) is 5.73 Å². The van der Waals surface area contributed by atoms with Gasteiger partial charge in [0.05, 0.1) is 23.7 Å². The van der Waals surface area contributed by atoms with Crippen LogP contribution in [0, 0.1) is 34.5 Å². The van der Waals surface area contributed by atoms with Crippen molar-refractivity contribution in [1.29, 1.82) is 10.5 Å². The van der Waals surface area contributed by atoms with E-state index in [1.165, 1.54) is 18.2 Å². The Morgan fingerprint density at radius 3 is 2.33 bits per heavy atom. The van der Waals surface area contributed by atoms with Gasteiger partial charge in [0.1, 0.15) is 18.0 Å². The summed E-state index contributed by atoms with van der Waals surface area (Å²) in [5, 5.41) is 17.3. The summed E-state index contributed by atoms with van der Waals surface area (Å²) in [4.78, 5) is -0.173. The van der Waals surface area contributed by atoms with Gasteiger partial charge in [-0.05, 0) is 18.2 Å². The molecule has 108 valence electrons. The highest BCUT2D eigenvalue weighted by atomic mass is 35.5. The predicted octanol–water partition coefficient (Wildman–Crippen LogP) is 0.688. The molecule has 0 heterocycles. The number of rotatable bonds is 4. The van der Waals surface area contributed by atoms with Gasteiger partial charge in [-0.3, -0.25) is 0 Å². The zero-order valence-electron chi connectivity index (χ0n) is 10.9. The monoisotopic (exact) mass is 322 g/mol. The first-order valence-electron chi connectivity index (χ1n) is 5.70. The summed E-state index contributed by atoms with van der Waals surface area (Å²) >= 11 is 5.97. The molecule has 0 saturated heterocycles. The molecule has 2 N–H and O–H groups in total. The first-order chi connectivity index (χ1) is 9.97. The molecule has 6 nitrogen and oxygen atoms in total. The summed E-state index contributed by atoms with van der Waals surface area (Å²) in [6.45, 7) is -0.683. The van der Waals surface area contributed by atoms with E-state index < -0.39 is 23.1 Å². The van der Waals surface area contributed by atoms with E-state index in [0.717, 1.165) is 4.31 Å². The third-order valence-corrected chi connectivity index (χ3v) is 4.65. The van der Waals surface area contributed by atoms with Crippen molar-refractivity contribution in [3.05, 3.63) is 28.8 Å². The predicted molar refractivity (Wildman–Crippen MR) is 77.4 cm³/mol. The van der Waals surface area contributed by atoms with E-state index in [9.17, 15) is 8.42 Å². The minimum absolute atomic E-state index is 0.0281. The van der Waals surface area contributed by atoms with Gasteiger partial charge in [-0.25, -0.2) is 8.42 Å². The van der Waals surface area contributed by atoms with Gasteiger partial charge in [0, 0.05) is 5.56 Å². The lowest BCUT2D eigenvalue weighted by molar-refractivity contribution is 0.479. The Hall–Kier alpha value is -2.08. The molecular formula is C13H11ClN4O2S. The van der Waals surface area contributed by atoms with Gasteiger partial charge in [0.15, 0.2) is 0 Å². The van der Waals surface area contributed by atoms with Crippen LogP contribution in [-0.4, -0.2) is 32.4 Å². The quantitative estimate of drug-likeness (QED) is 0.647. The molecule has 0 amide bonds. The number of sulfonamides is 1. The fraction of sp³-hybridized carbons (Fsp3) is 0.231. The standard InChI is InChI=1S/C13H11ClN4O2S/c14-12-10-11(2-1-5-15)3-4-13(12)21(19,20)18(8-6-16)9-7-17/h3-4,10H,5,8-9,15H2. The molecule has 0 aliphatic carbocycles. The lowest BCUT2D eigenvalue weighted by Gasteiger charge is -2.16. The highest BCUT2D eigenvalue weighted by Gasteiger charge is 2.26. The maximum absolute atomic E-state index is 12.3. The fourth-order valence-corrected chi connectivity index (χ4v) is 3.22. The number of hydrogen-bond donors (Lipinski definition) is 1. The Balaban J connectivity index is 3.26. The molecule has 0 atom stereocenters. The van der Waals surface area contributed by atoms with Gasteiger partial charge in [-0.2, -0.15) is 14.8 Å². The zero-order valence-corrected chi connectivity index (χ0v) is 12.4. The minimum atomic E-state index is -4.01. The van der Waals surface area contributed by atoms with Crippen molar-refractivity contribution in [3.8, 4) is 24.0 Å². The molecule has 0 fully saturated rings. The van der Waals surface area contributed by atoms with Crippen LogP contribution >= 0.6 is 11.6 Å². The highest BCUT2D eigenvalue weighted by Crippen LogP contribution is 2.25. The van der Waals surface area contributed by atoms with Crippen LogP contribution in [0.4, 0.5) is 0 Å². The third-order valence-electron chi connectivity index (χ3n) is 2.38. The van der Waals surface area contributed by atoms with Gasteiger partial charge in [-0.15, -0.1) is 0 Å². The highest BCUT2D eigenvalue weighted by molar-refractivity contribution is 7.89. The van der Waals surface area contributed by atoms with Crippen molar-refractivity contribution >= 4 is 21.6 Å². The van der Waals surface area contributed by atoms with E-state index in [1.807, 2.05) is 0 Å². The molecule has 0 unspecified atom stereocenters. The molecule has 1 aromatic carbocycles. The summed E-state index contributed by atoms with van der Waals surface area (Å²) in [7, 11) is -4.01. The second kappa shape index (κ2) is 7.64. The molecule has 0 saturated carbocycles. The number of hydrogen-bond acceptors (Lipinski definition) is 5. The van der Waals surface area contributed by atoms with Crippen LogP contribution in [0.1, 0.15) is 5.56 Å². The first kappa shape index (κ1) is 17.0. The number of nitrogens with zero attached hydrogens (tertiary/aromatic N) is 3. The zero-order chi connectivity index (χ0) is 15.9. The van der Waals surface area contributed by atoms with E-state index in [2.05, 4.69) is 11.8 Å². The van der Waals surface area contributed by atoms with Gasteiger partial charge < -0.3 is 5.73 Å². The summed E-state index contributed by atoms with van der Waals surface area (Å²) in [6, 6.07) is 7.58. The number of nitrogens with two attached hydrogens (primary N) is 1. The topological polar surface area (TPSA) is 111 Å². The summed E-state index contributed by atoms with van der Waals surface area (Å²) in [5.74, 6) is 5.36. The largest absolute Gasteiger partial charge is 0.320 e. The molecule has 8 heteroatoms. The van der Waals surface area contributed by atoms with E-state index in [-0.39, 0.29) is 16.5 Å². The lowest BCUT2D eigenvalue weighted by Crippen LogP contribution is -2.32. The van der Waals surface area contributed by atoms with Gasteiger partial charge in [0.2, 0.25) is 10.0 Å². The summed E-state index contributed by atoms with van der Waals surface area (Å²) in [5.41, 5.74) is 5.77. The molecule has 0 bridgehead atoms. The van der Waals surface area contributed by atoms with Crippen molar-refractivity contribution < 1.29 is 8.42 Å². The Labute approximate surface area is 128 Å². The van der Waals surface area contributed by atoms with E-state index >= 15 is 0 Å². The van der Waals surface area contributed by atoms with Gasteiger partial charge >= 0.3 is 0 Å². The Morgan fingerprint density at radius 1 is 1.24 bits per heavy atom. The second-order valence-electron chi connectivity index (χ2n) is 3.74. The van der Waals surface area contributed by atoms with Crippen LogP contribution in [0.25, 0.3) is 0 Å². The molecule has 21 heavy (non-hydrogen) atoms. The molecule has 0 radical (unpaired) electrons. The average Bonchev–Trinajstić information content (AvgIpc) is 2.44. The first-order valence-corrected chi connectivity index (χ1v) is 7.51. The maximum atomic E-state index is 12.3. The molecule has 1 aromatic rings. The van der Waals surface area contributed by atoms with Crippen LogP contribution in [0.3, 0.4) is 0 Å². The van der Waals surface area contributed by atoms with Crippen molar-refractivity contribution in [2.75, 3.05) is 19.6 Å².